The van der Waals surface area contributed by atoms with Crippen LogP contribution in [0.25, 0.3) is 0 Å². The molecule has 0 heterocycles. The maximum Gasteiger partial charge on any atom is 0.205 e. The van der Waals surface area contributed by atoms with Crippen LogP contribution in [-0.4, -0.2) is 64.9 Å². The quantitative estimate of drug-likeness (QED) is 0.288. The van der Waals surface area contributed by atoms with Crippen molar-refractivity contribution in [1.82, 2.24) is 13.4 Å². The molecule has 5 heteroatoms. The molecule has 0 aliphatic carbocycles. The van der Waals surface area contributed by atoms with Crippen molar-refractivity contribution in [3.8, 4) is 0 Å². The van der Waals surface area contributed by atoms with E-state index in [0.29, 0.717) is 22.2 Å². The summed E-state index contributed by atoms with van der Waals surface area (Å²) in [4.78, 5) is 0. The minimum Gasteiger partial charge on any atom is -0.320 e. The summed E-state index contributed by atoms with van der Waals surface area (Å²) in [6.45, 7) is 23.6. The topological polar surface area (TPSA) is 9.72 Å². The van der Waals surface area contributed by atoms with Crippen molar-refractivity contribution in [3.05, 3.63) is 0 Å². The molecule has 0 aliphatic rings. The Balaban J connectivity index is 6.75. The highest BCUT2D eigenvalue weighted by Gasteiger charge is 2.59. The maximum absolute atomic E-state index is 3.18. The predicted molar refractivity (Wildman–Crippen MR) is 126 cm³/mol. The van der Waals surface area contributed by atoms with Gasteiger partial charge in [-0.15, -0.1) is 0 Å². The number of rotatable bonds is 12. The predicted octanol–water partition coefficient (Wildman–Crippen LogP) is 6.13. The van der Waals surface area contributed by atoms with Gasteiger partial charge in [0.05, 0.1) is 0 Å². The Kier molecular flexibility index (Phi) is 10.9. The summed E-state index contributed by atoms with van der Waals surface area (Å²) in [5.74, 6) is 0. The van der Waals surface area contributed by atoms with Crippen molar-refractivity contribution in [2.75, 3.05) is 34.7 Å². The monoisotopic (exact) mass is 401 g/mol. The molecule has 0 amide bonds. The van der Waals surface area contributed by atoms with Gasteiger partial charge in [0.25, 0.3) is 0 Å². The van der Waals surface area contributed by atoms with Crippen molar-refractivity contribution in [2.45, 2.75) is 104 Å². The first-order valence-electron chi connectivity index (χ1n) is 11.0. The van der Waals surface area contributed by atoms with Crippen molar-refractivity contribution in [3.63, 3.8) is 0 Å². The van der Waals surface area contributed by atoms with Gasteiger partial charge in [-0.3, -0.25) is 0 Å². The lowest BCUT2D eigenvalue weighted by Gasteiger charge is -2.63. The summed E-state index contributed by atoms with van der Waals surface area (Å²) < 4.78 is 8.55. The zero-order valence-electron chi connectivity index (χ0n) is 20.5. The van der Waals surface area contributed by atoms with Crippen LogP contribution in [0.1, 0.15) is 81.6 Å². The third kappa shape index (κ3) is 4.65. The highest BCUT2D eigenvalue weighted by atomic mass is 28.4. The Morgan fingerprint density at radius 2 is 0.885 bits per heavy atom. The molecular weight excluding hydrogens is 350 g/mol. The third-order valence-corrected chi connectivity index (χ3v) is 20.7. The number of hydrogen-bond acceptors (Lipinski definition) is 3. The molecule has 0 aromatic heterocycles. The van der Waals surface area contributed by atoms with Crippen LogP contribution in [0.3, 0.4) is 0 Å². The van der Waals surface area contributed by atoms with E-state index in [0.717, 1.165) is 0 Å². The highest BCUT2D eigenvalue weighted by molar-refractivity contribution is 6.92. The lowest BCUT2D eigenvalue weighted by Crippen LogP contribution is -2.80. The van der Waals surface area contributed by atoms with E-state index >= 15 is 0 Å². The first kappa shape index (κ1) is 26.3. The Morgan fingerprint density at radius 3 is 1.08 bits per heavy atom. The molecule has 26 heavy (non-hydrogen) atoms. The zero-order valence-corrected chi connectivity index (χ0v) is 22.5. The molecule has 3 nitrogen and oxygen atoms in total. The van der Waals surface area contributed by atoms with Crippen LogP contribution >= 0.6 is 0 Å². The summed E-state index contributed by atoms with van der Waals surface area (Å²) >= 11 is 0. The summed E-state index contributed by atoms with van der Waals surface area (Å²) in [7, 11) is 5.79. The standard InChI is InChI=1S/C21H51N3Si2/c1-14-15-16-17-24(25(18(2)3,19(4)5)22(10)11)26(20(6)7,21(8)9)23(12)13/h18-21H,14-17H2,1-13H3. The van der Waals surface area contributed by atoms with Gasteiger partial charge in [-0.2, -0.15) is 0 Å². The van der Waals surface area contributed by atoms with E-state index in [-0.39, 0.29) is 0 Å². The molecular formula is C21H51N3Si2. The molecule has 0 aromatic carbocycles. The van der Waals surface area contributed by atoms with Gasteiger partial charge < -0.3 is 13.4 Å². The first-order valence-corrected chi connectivity index (χ1v) is 15.1. The van der Waals surface area contributed by atoms with Crippen LogP contribution in [0, 0.1) is 0 Å². The molecule has 158 valence electrons. The largest absolute Gasteiger partial charge is 0.320 e. The van der Waals surface area contributed by atoms with Gasteiger partial charge in [0.2, 0.25) is 16.8 Å². The van der Waals surface area contributed by atoms with Gasteiger partial charge in [-0.05, 0) is 63.3 Å². The Labute approximate surface area is 168 Å². The Hall–Kier alpha value is 0.314. The van der Waals surface area contributed by atoms with E-state index in [1.807, 2.05) is 0 Å². The second-order valence-electron chi connectivity index (χ2n) is 9.83. The molecule has 0 saturated heterocycles. The van der Waals surface area contributed by atoms with E-state index in [1.165, 1.54) is 25.8 Å². The third-order valence-electron chi connectivity index (χ3n) is 6.68. The first-order chi connectivity index (χ1) is 11.9. The van der Waals surface area contributed by atoms with Gasteiger partial charge in [0.15, 0.2) is 0 Å². The van der Waals surface area contributed by atoms with Gasteiger partial charge in [-0.25, -0.2) is 0 Å². The highest BCUT2D eigenvalue weighted by Crippen LogP contribution is 2.47. The fourth-order valence-electron chi connectivity index (χ4n) is 6.29. The van der Waals surface area contributed by atoms with Gasteiger partial charge >= 0.3 is 0 Å². The van der Waals surface area contributed by atoms with Crippen LogP contribution in [0.4, 0.5) is 0 Å². The molecule has 0 bridgehead atoms. The molecule has 0 saturated carbocycles. The van der Waals surface area contributed by atoms with Crippen molar-refractivity contribution in [2.24, 2.45) is 0 Å². The molecule has 0 spiro atoms. The summed E-state index contributed by atoms with van der Waals surface area (Å²) in [5.41, 5.74) is 2.85. The van der Waals surface area contributed by atoms with Crippen LogP contribution in [-0.2, 0) is 0 Å². The Bertz CT molecular complexity index is 317. The molecule has 0 aliphatic heterocycles. The Morgan fingerprint density at radius 1 is 0.577 bits per heavy atom. The summed E-state index contributed by atoms with van der Waals surface area (Å²) in [6, 6.07) is 0. The SMILES string of the molecule is CCCCCN([Si](C(C)C)(C(C)C)N(C)C)[Si](C(C)C)(C(C)C)N(C)C. The van der Waals surface area contributed by atoms with Crippen LogP contribution in [0.15, 0.2) is 0 Å². The second-order valence-corrected chi connectivity index (χ2v) is 20.9. The lowest BCUT2D eigenvalue weighted by atomic mass is 10.3. The van der Waals surface area contributed by atoms with E-state index < -0.39 is 16.8 Å². The average Bonchev–Trinajstić information content (AvgIpc) is 2.45. The maximum atomic E-state index is 3.18. The van der Waals surface area contributed by atoms with Crippen LogP contribution in [0.2, 0.25) is 22.2 Å². The zero-order chi connectivity index (χ0) is 20.9. The number of unbranched alkanes of at least 4 members (excludes halogenated alkanes) is 2. The van der Waals surface area contributed by atoms with E-state index in [2.05, 4.69) is 104 Å². The second kappa shape index (κ2) is 10.7. The molecule has 0 unspecified atom stereocenters. The van der Waals surface area contributed by atoms with Crippen LogP contribution < -0.4 is 0 Å². The van der Waals surface area contributed by atoms with Crippen molar-refractivity contribution < 1.29 is 0 Å². The van der Waals surface area contributed by atoms with E-state index in [1.54, 1.807) is 0 Å². The fourth-order valence-corrected chi connectivity index (χ4v) is 24.2. The fraction of sp³-hybridized carbons (Fsp3) is 1.00. The van der Waals surface area contributed by atoms with Gasteiger partial charge in [-0.1, -0.05) is 75.2 Å². The molecule has 0 atom stereocenters. The van der Waals surface area contributed by atoms with Crippen molar-refractivity contribution in [1.29, 1.82) is 0 Å². The van der Waals surface area contributed by atoms with Crippen LogP contribution in [0.5, 0.6) is 0 Å². The minimum absolute atomic E-state index is 0.712. The van der Waals surface area contributed by atoms with Crippen molar-refractivity contribution >= 4 is 16.8 Å². The van der Waals surface area contributed by atoms with E-state index in [9.17, 15) is 0 Å². The summed E-state index contributed by atoms with van der Waals surface area (Å²) in [5, 5.41) is 0. The minimum atomic E-state index is -1.84. The van der Waals surface area contributed by atoms with E-state index in [4.69, 9.17) is 0 Å². The number of hydrogen-bond donors (Lipinski definition) is 0. The smallest absolute Gasteiger partial charge is 0.205 e. The lowest BCUT2D eigenvalue weighted by molar-refractivity contribution is 0.380. The normalized spacial score (nSPS) is 14.3. The molecule has 0 N–H and O–H groups in total. The molecule has 0 aromatic rings. The molecule has 0 fully saturated rings. The molecule has 0 radical (unpaired) electrons. The van der Waals surface area contributed by atoms with Gasteiger partial charge in [0.1, 0.15) is 0 Å². The summed E-state index contributed by atoms with van der Waals surface area (Å²) in [6.07, 6.45) is 3.98. The van der Waals surface area contributed by atoms with Gasteiger partial charge in [0, 0.05) is 0 Å². The number of nitrogens with zero attached hydrogens (tertiary/aromatic N) is 3. The average molecular weight is 402 g/mol. The molecule has 0 rings (SSSR count).